The van der Waals surface area contributed by atoms with Gasteiger partial charge in [0.15, 0.2) is 0 Å². The zero-order valence-corrected chi connectivity index (χ0v) is 14.9. The molecule has 1 aliphatic rings. The molecule has 0 radical (unpaired) electrons. The maximum Gasteiger partial charge on any atom is 0.506 e. The molecule has 1 fully saturated rings. The van der Waals surface area contributed by atoms with Gasteiger partial charge in [-0.25, -0.2) is 9.78 Å². The van der Waals surface area contributed by atoms with Crippen LogP contribution >= 0.6 is 0 Å². The third-order valence-electron chi connectivity index (χ3n) is 4.23. The molecule has 0 aromatic carbocycles. The molecule has 0 amide bonds. The number of piperidine rings is 1. The van der Waals surface area contributed by atoms with Crippen molar-refractivity contribution in [1.29, 1.82) is 0 Å². The van der Waals surface area contributed by atoms with E-state index in [1.807, 2.05) is 0 Å². The summed E-state index contributed by atoms with van der Waals surface area (Å²) in [4.78, 5) is 19.3. The minimum Gasteiger partial charge on any atom is -0.443 e. The molecule has 3 heterocycles. The van der Waals surface area contributed by atoms with Crippen LogP contribution in [0.4, 0.5) is 10.6 Å². The summed E-state index contributed by atoms with van der Waals surface area (Å²) in [7, 11) is -1.78. The van der Waals surface area contributed by atoms with Crippen LogP contribution in [0.2, 0.25) is 0 Å². The first-order chi connectivity index (χ1) is 11.8. The zero-order valence-electron chi connectivity index (χ0n) is 14.9. The lowest BCUT2D eigenvalue weighted by atomic mass is 9.86. The van der Waals surface area contributed by atoms with Gasteiger partial charge in [-0.3, -0.25) is 4.57 Å². The second kappa shape index (κ2) is 6.69. The van der Waals surface area contributed by atoms with Gasteiger partial charge in [0.1, 0.15) is 11.4 Å². The van der Waals surface area contributed by atoms with Gasteiger partial charge in [-0.2, -0.15) is 0 Å². The number of hydrogen-bond donors (Lipinski definition) is 2. The Morgan fingerprint density at radius 1 is 1.24 bits per heavy atom. The van der Waals surface area contributed by atoms with E-state index in [0.717, 1.165) is 37.1 Å². The number of fused-ring (bicyclic) bond motifs is 1. The van der Waals surface area contributed by atoms with Crippen molar-refractivity contribution < 1.29 is 19.6 Å². The van der Waals surface area contributed by atoms with Crippen molar-refractivity contribution >= 4 is 35.5 Å². The normalized spacial score (nSPS) is 15.5. The van der Waals surface area contributed by atoms with Crippen molar-refractivity contribution in [3.63, 3.8) is 0 Å². The first kappa shape index (κ1) is 17.8. The molecule has 0 unspecified atom stereocenters. The highest BCUT2D eigenvalue weighted by Crippen LogP contribution is 2.27. The van der Waals surface area contributed by atoms with Gasteiger partial charge in [-0.05, 0) is 52.2 Å². The molecule has 0 spiro atoms. The summed E-state index contributed by atoms with van der Waals surface area (Å²) in [5.74, 6) is 0.765. The van der Waals surface area contributed by atoms with Gasteiger partial charge in [0, 0.05) is 24.7 Å². The van der Waals surface area contributed by atoms with E-state index >= 15 is 0 Å². The lowest BCUT2D eigenvalue weighted by molar-refractivity contribution is 0.0547. The number of carbonyl (C=O) groups excluding carboxylic acids is 1. The van der Waals surface area contributed by atoms with E-state index in [4.69, 9.17) is 4.74 Å². The zero-order chi connectivity index (χ0) is 18.2. The summed E-state index contributed by atoms with van der Waals surface area (Å²) >= 11 is 0. The smallest absolute Gasteiger partial charge is 0.443 e. The van der Waals surface area contributed by atoms with Crippen LogP contribution in [0.5, 0.6) is 0 Å². The molecular formula is C17H24BN3O4. The third kappa shape index (κ3) is 3.64. The molecular weight excluding hydrogens is 321 g/mol. The van der Waals surface area contributed by atoms with Crippen molar-refractivity contribution in [1.82, 2.24) is 9.55 Å². The number of hydrogen-bond acceptors (Lipinski definition) is 6. The van der Waals surface area contributed by atoms with Crippen molar-refractivity contribution in [3.8, 4) is 0 Å². The van der Waals surface area contributed by atoms with Gasteiger partial charge in [0.25, 0.3) is 0 Å². The highest BCUT2D eigenvalue weighted by molar-refractivity contribution is 6.59. The Balaban J connectivity index is 2.12. The topological polar surface area (TPSA) is 87.8 Å². The maximum absolute atomic E-state index is 12.6. The average molecular weight is 345 g/mol. The number of nitrogens with zero attached hydrogens (tertiary/aromatic N) is 3. The van der Waals surface area contributed by atoms with E-state index in [1.165, 1.54) is 11.0 Å². The Hall–Kier alpha value is -2.06. The molecule has 1 aliphatic heterocycles. The first-order valence-corrected chi connectivity index (χ1v) is 8.63. The maximum atomic E-state index is 12.6. The number of carbonyl (C=O) groups is 1. The summed E-state index contributed by atoms with van der Waals surface area (Å²) in [5.41, 5.74) is -0.0444. The van der Waals surface area contributed by atoms with Crippen LogP contribution in [-0.2, 0) is 4.74 Å². The quantitative estimate of drug-likeness (QED) is 0.802. The van der Waals surface area contributed by atoms with E-state index in [-0.39, 0.29) is 5.59 Å². The largest absolute Gasteiger partial charge is 0.506 e. The van der Waals surface area contributed by atoms with Crippen molar-refractivity contribution in [2.45, 2.75) is 45.6 Å². The van der Waals surface area contributed by atoms with Gasteiger partial charge < -0.3 is 19.7 Å². The van der Waals surface area contributed by atoms with Crippen molar-refractivity contribution in [2.75, 3.05) is 18.0 Å². The summed E-state index contributed by atoms with van der Waals surface area (Å²) in [6.45, 7) is 7.12. The monoisotopic (exact) mass is 345 g/mol. The average Bonchev–Trinajstić information content (AvgIpc) is 2.94. The Labute approximate surface area is 147 Å². The third-order valence-corrected chi connectivity index (χ3v) is 4.23. The first-order valence-electron chi connectivity index (χ1n) is 8.63. The van der Waals surface area contributed by atoms with E-state index in [9.17, 15) is 14.8 Å². The minimum absolute atomic E-state index is 0.0792. The Bertz CT molecular complexity index is 776. The molecule has 7 nitrogen and oxygen atoms in total. The van der Waals surface area contributed by atoms with Crippen LogP contribution in [-0.4, -0.2) is 51.5 Å². The Kier molecular flexibility index (Phi) is 4.75. The van der Waals surface area contributed by atoms with E-state index in [0.29, 0.717) is 5.52 Å². The highest BCUT2D eigenvalue weighted by atomic mass is 16.6. The fourth-order valence-electron chi connectivity index (χ4n) is 3.20. The van der Waals surface area contributed by atoms with E-state index < -0.39 is 18.8 Å². The molecule has 2 aromatic rings. The fourth-order valence-corrected chi connectivity index (χ4v) is 3.20. The summed E-state index contributed by atoms with van der Waals surface area (Å²) in [5, 5.41) is 20.2. The van der Waals surface area contributed by atoms with Crippen molar-refractivity contribution in [2.24, 2.45) is 0 Å². The van der Waals surface area contributed by atoms with Crippen LogP contribution in [0.3, 0.4) is 0 Å². The lowest BCUT2D eigenvalue weighted by Gasteiger charge is -2.28. The molecule has 134 valence electrons. The summed E-state index contributed by atoms with van der Waals surface area (Å²) in [6.07, 6.45) is 4.40. The van der Waals surface area contributed by atoms with Gasteiger partial charge in [0.05, 0.1) is 11.1 Å². The summed E-state index contributed by atoms with van der Waals surface area (Å²) in [6, 6.07) is 3.30. The lowest BCUT2D eigenvalue weighted by Crippen LogP contribution is -2.40. The molecule has 0 aliphatic carbocycles. The molecule has 1 saturated heterocycles. The predicted molar refractivity (Wildman–Crippen MR) is 97.3 cm³/mol. The number of ether oxygens (including phenoxy) is 1. The van der Waals surface area contributed by atoms with Crippen LogP contribution in [0, 0.1) is 0 Å². The second-order valence-corrected chi connectivity index (χ2v) is 7.37. The van der Waals surface area contributed by atoms with Gasteiger partial charge >= 0.3 is 13.2 Å². The molecule has 0 atom stereocenters. The number of pyridine rings is 1. The summed E-state index contributed by atoms with van der Waals surface area (Å²) < 4.78 is 6.66. The predicted octanol–water partition coefficient (Wildman–Crippen LogP) is 1.49. The Morgan fingerprint density at radius 3 is 2.52 bits per heavy atom. The molecule has 0 saturated carbocycles. The molecule has 2 aromatic heterocycles. The second-order valence-electron chi connectivity index (χ2n) is 7.37. The van der Waals surface area contributed by atoms with E-state index in [2.05, 4.69) is 9.88 Å². The van der Waals surface area contributed by atoms with Crippen molar-refractivity contribution in [3.05, 3.63) is 18.3 Å². The highest BCUT2D eigenvalue weighted by Gasteiger charge is 2.29. The molecule has 0 bridgehead atoms. The minimum atomic E-state index is -1.78. The number of aromatic nitrogens is 2. The van der Waals surface area contributed by atoms with Crippen LogP contribution in [0.1, 0.15) is 40.0 Å². The SMILES string of the molecule is CC(C)(C)OC(=O)n1c(B(O)O)cc2c(N3CCCCC3)nccc21. The fraction of sp³-hybridized carbons (Fsp3) is 0.529. The van der Waals surface area contributed by atoms with Gasteiger partial charge in [0.2, 0.25) is 0 Å². The van der Waals surface area contributed by atoms with Crippen LogP contribution < -0.4 is 10.5 Å². The van der Waals surface area contributed by atoms with Crippen LogP contribution in [0.25, 0.3) is 10.9 Å². The Morgan fingerprint density at radius 2 is 1.92 bits per heavy atom. The number of rotatable bonds is 2. The molecule has 2 N–H and O–H groups in total. The molecule has 8 heteroatoms. The van der Waals surface area contributed by atoms with Crippen LogP contribution in [0.15, 0.2) is 18.3 Å². The van der Waals surface area contributed by atoms with Gasteiger partial charge in [-0.15, -0.1) is 0 Å². The van der Waals surface area contributed by atoms with E-state index in [1.54, 1.807) is 39.1 Å². The van der Waals surface area contributed by atoms with Gasteiger partial charge in [-0.1, -0.05) is 0 Å². The molecule has 3 rings (SSSR count). The molecule has 25 heavy (non-hydrogen) atoms. The number of anilines is 1. The standard InChI is InChI=1S/C17H24BN3O4/c1-17(2,3)25-16(22)21-13-7-8-19-15(20-9-5-4-6-10-20)12(13)11-14(21)18(23)24/h7-8,11,23-24H,4-6,9-10H2,1-3H3.